The highest BCUT2D eigenvalue weighted by molar-refractivity contribution is 5.73. The van der Waals surface area contributed by atoms with E-state index in [0.717, 1.165) is 33.6 Å². The first-order chi connectivity index (χ1) is 16.6. The molecule has 0 saturated heterocycles. The molecule has 4 rings (SSSR count). The Morgan fingerprint density at radius 2 is 0.735 bits per heavy atom. The lowest BCUT2D eigenvalue weighted by Gasteiger charge is -2.19. The molecule has 0 amide bonds. The standard InChI is InChI=1S/C31H23N3/c1-34(30-18-14-26(15-19-30)4-2-24-6-10-28(22-32)11-7-24)31-20-16-27(17-21-31)5-3-25-8-12-29(23-33)13-9-25/h2-21H,1H3/b4-2+,5-3+. The van der Waals surface area contributed by atoms with Crippen LogP contribution in [0.5, 0.6) is 0 Å². The van der Waals surface area contributed by atoms with Gasteiger partial charge in [-0.25, -0.2) is 0 Å². The van der Waals surface area contributed by atoms with Crippen LogP contribution >= 0.6 is 0 Å². The van der Waals surface area contributed by atoms with Crippen LogP contribution in [0.25, 0.3) is 24.3 Å². The molecule has 0 spiro atoms. The molecule has 0 aliphatic carbocycles. The van der Waals surface area contributed by atoms with Crippen molar-refractivity contribution in [2.24, 2.45) is 0 Å². The van der Waals surface area contributed by atoms with Crippen molar-refractivity contribution >= 4 is 35.7 Å². The molecule has 0 aromatic heterocycles. The minimum atomic E-state index is 0.667. The molecule has 34 heavy (non-hydrogen) atoms. The molecule has 0 radical (unpaired) electrons. The zero-order valence-electron chi connectivity index (χ0n) is 18.9. The van der Waals surface area contributed by atoms with E-state index in [9.17, 15) is 0 Å². The second-order valence-electron chi connectivity index (χ2n) is 7.88. The summed E-state index contributed by atoms with van der Waals surface area (Å²) in [6.07, 6.45) is 8.23. The number of nitriles is 2. The SMILES string of the molecule is CN(c1ccc(/C=C/c2ccc(C#N)cc2)cc1)c1ccc(/C=C/c2ccc(C#N)cc2)cc1. The smallest absolute Gasteiger partial charge is 0.0991 e. The Labute approximate surface area is 200 Å². The average Bonchev–Trinajstić information content (AvgIpc) is 2.91. The first kappa shape index (κ1) is 22.3. The lowest BCUT2D eigenvalue weighted by atomic mass is 10.1. The van der Waals surface area contributed by atoms with E-state index in [0.29, 0.717) is 11.1 Å². The maximum atomic E-state index is 8.90. The summed E-state index contributed by atoms with van der Waals surface area (Å²) in [5.41, 5.74) is 7.91. The number of anilines is 2. The van der Waals surface area contributed by atoms with Crippen LogP contribution in [0.15, 0.2) is 97.1 Å². The molecule has 3 nitrogen and oxygen atoms in total. The van der Waals surface area contributed by atoms with Crippen LogP contribution in [0.2, 0.25) is 0 Å². The van der Waals surface area contributed by atoms with E-state index in [4.69, 9.17) is 10.5 Å². The topological polar surface area (TPSA) is 50.8 Å². The summed E-state index contributed by atoms with van der Waals surface area (Å²) in [6, 6.07) is 36.2. The molecule has 0 aliphatic rings. The first-order valence-corrected chi connectivity index (χ1v) is 10.9. The van der Waals surface area contributed by atoms with Gasteiger partial charge < -0.3 is 4.90 Å². The van der Waals surface area contributed by atoms with Crippen molar-refractivity contribution < 1.29 is 0 Å². The predicted molar refractivity (Wildman–Crippen MR) is 141 cm³/mol. The van der Waals surface area contributed by atoms with Crippen LogP contribution in [0, 0.1) is 22.7 Å². The van der Waals surface area contributed by atoms with E-state index in [1.807, 2.05) is 60.7 Å². The molecule has 0 N–H and O–H groups in total. The summed E-state index contributed by atoms with van der Waals surface area (Å²) in [5, 5.41) is 17.8. The van der Waals surface area contributed by atoms with Gasteiger partial charge in [0.1, 0.15) is 0 Å². The van der Waals surface area contributed by atoms with Crippen molar-refractivity contribution in [3.63, 3.8) is 0 Å². The van der Waals surface area contributed by atoms with Gasteiger partial charge in [0.15, 0.2) is 0 Å². The summed E-state index contributed by atoms with van der Waals surface area (Å²) in [4.78, 5) is 2.15. The summed E-state index contributed by atoms with van der Waals surface area (Å²) >= 11 is 0. The lowest BCUT2D eigenvalue weighted by molar-refractivity contribution is 1.21. The summed E-state index contributed by atoms with van der Waals surface area (Å²) in [7, 11) is 2.06. The second kappa shape index (κ2) is 10.6. The van der Waals surface area contributed by atoms with E-state index in [1.165, 1.54) is 0 Å². The van der Waals surface area contributed by atoms with Gasteiger partial charge in [-0.15, -0.1) is 0 Å². The van der Waals surface area contributed by atoms with Crippen LogP contribution in [0.3, 0.4) is 0 Å². The minimum absolute atomic E-state index is 0.667. The Kier molecular flexibility index (Phi) is 6.99. The minimum Gasteiger partial charge on any atom is -0.345 e. The van der Waals surface area contributed by atoms with Crippen LogP contribution in [0.1, 0.15) is 33.4 Å². The molecule has 162 valence electrons. The van der Waals surface area contributed by atoms with Crippen molar-refractivity contribution in [2.75, 3.05) is 11.9 Å². The Balaban J connectivity index is 1.39. The summed E-state index contributed by atoms with van der Waals surface area (Å²) in [5.74, 6) is 0. The zero-order chi connectivity index (χ0) is 23.8. The average molecular weight is 438 g/mol. The second-order valence-corrected chi connectivity index (χ2v) is 7.88. The van der Waals surface area contributed by atoms with Gasteiger partial charge in [0.2, 0.25) is 0 Å². The molecular weight excluding hydrogens is 414 g/mol. The highest BCUT2D eigenvalue weighted by Crippen LogP contribution is 2.25. The number of benzene rings is 4. The molecule has 0 atom stereocenters. The van der Waals surface area contributed by atoms with E-state index in [2.05, 4.69) is 84.8 Å². The number of hydrogen-bond donors (Lipinski definition) is 0. The highest BCUT2D eigenvalue weighted by atomic mass is 15.1. The van der Waals surface area contributed by atoms with E-state index in [1.54, 1.807) is 0 Å². The van der Waals surface area contributed by atoms with Gasteiger partial charge in [0.25, 0.3) is 0 Å². The van der Waals surface area contributed by atoms with Gasteiger partial charge in [-0.05, 0) is 70.8 Å². The molecule has 4 aromatic rings. The molecule has 0 aliphatic heterocycles. The maximum absolute atomic E-state index is 8.90. The van der Waals surface area contributed by atoms with Crippen molar-refractivity contribution in [3.05, 3.63) is 130 Å². The van der Waals surface area contributed by atoms with E-state index < -0.39 is 0 Å². The third-order valence-electron chi connectivity index (χ3n) is 5.58. The van der Waals surface area contributed by atoms with E-state index >= 15 is 0 Å². The van der Waals surface area contributed by atoms with Gasteiger partial charge in [0.05, 0.1) is 23.3 Å². The van der Waals surface area contributed by atoms with Crippen LogP contribution in [0.4, 0.5) is 11.4 Å². The van der Waals surface area contributed by atoms with Crippen molar-refractivity contribution in [1.82, 2.24) is 0 Å². The molecule has 3 heteroatoms. The van der Waals surface area contributed by atoms with Crippen molar-refractivity contribution in [1.29, 1.82) is 10.5 Å². The fraction of sp³-hybridized carbons (Fsp3) is 0.0323. The fourth-order valence-electron chi connectivity index (χ4n) is 3.49. The molecule has 0 saturated carbocycles. The Morgan fingerprint density at radius 3 is 1.00 bits per heavy atom. The van der Waals surface area contributed by atoms with Crippen LogP contribution in [-0.2, 0) is 0 Å². The van der Waals surface area contributed by atoms with Crippen LogP contribution < -0.4 is 4.90 Å². The molecule has 0 heterocycles. The Bertz CT molecular complexity index is 1270. The van der Waals surface area contributed by atoms with Gasteiger partial charge >= 0.3 is 0 Å². The maximum Gasteiger partial charge on any atom is 0.0991 e. The Morgan fingerprint density at radius 1 is 0.471 bits per heavy atom. The fourth-order valence-corrected chi connectivity index (χ4v) is 3.49. The normalized spacial score (nSPS) is 10.8. The van der Waals surface area contributed by atoms with Gasteiger partial charge in [-0.3, -0.25) is 0 Å². The van der Waals surface area contributed by atoms with Gasteiger partial charge in [0, 0.05) is 18.4 Å². The lowest BCUT2D eigenvalue weighted by Crippen LogP contribution is -2.08. The van der Waals surface area contributed by atoms with Crippen molar-refractivity contribution in [3.8, 4) is 12.1 Å². The Hall–Kier alpha value is -4.86. The number of hydrogen-bond acceptors (Lipinski definition) is 3. The highest BCUT2D eigenvalue weighted by Gasteiger charge is 2.03. The largest absolute Gasteiger partial charge is 0.345 e. The summed E-state index contributed by atoms with van der Waals surface area (Å²) < 4.78 is 0. The molecular formula is C31H23N3. The van der Waals surface area contributed by atoms with Gasteiger partial charge in [-0.1, -0.05) is 72.8 Å². The van der Waals surface area contributed by atoms with Crippen molar-refractivity contribution in [2.45, 2.75) is 0 Å². The first-order valence-electron chi connectivity index (χ1n) is 10.9. The summed E-state index contributed by atoms with van der Waals surface area (Å²) in [6.45, 7) is 0. The van der Waals surface area contributed by atoms with E-state index in [-0.39, 0.29) is 0 Å². The van der Waals surface area contributed by atoms with Crippen LogP contribution in [-0.4, -0.2) is 7.05 Å². The van der Waals surface area contributed by atoms with Gasteiger partial charge in [-0.2, -0.15) is 10.5 Å². The molecule has 0 bridgehead atoms. The molecule has 4 aromatic carbocycles. The zero-order valence-corrected chi connectivity index (χ0v) is 18.9. The monoisotopic (exact) mass is 437 g/mol. The molecule has 0 fully saturated rings. The number of rotatable bonds is 6. The third-order valence-corrected chi connectivity index (χ3v) is 5.58. The molecule has 0 unspecified atom stereocenters. The quantitative estimate of drug-likeness (QED) is 0.293. The predicted octanol–water partition coefficient (Wildman–Crippen LogP) is 7.54. The third kappa shape index (κ3) is 5.68. The number of nitrogens with zero attached hydrogens (tertiary/aromatic N) is 3.